The van der Waals surface area contributed by atoms with Crippen molar-refractivity contribution in [2.45, 2.75) is 32.2 Å². The van der Waals surface area contributed by atoms with E-state index in [0.29, 0.717) is 12.6 Å². The van der Waals surface area contributed by atoms with Gasteiger partial charge in [-0.2, -0.15) is 0 Å². The average molecular weight is 283 g/mol. The summed E-state index contributed by atoms with van der Waals surface area (Å²) in [5.41, 5.74) is 0.787. The van der Waals surface area contributed by atoms with E-state index in [4.69, 9.17) is 4.74 Å². The van der Waals surface area contributed by atoms with Crippen LogP contribution in [0.5, 0.6) is 0 Å². The lowest BCUT2D eigenvalue weighted by atomic mass is 10.1. The molecule has 1 fully saturated rings. The van der Waals surface area contributed by atoms with Crippen molar-refractivity contribution in [2.24, 2.45) is 0 Å². The minimum Gasteiger partial charge on any atom is -0.466 e. The molecule has 2 heterocycles. The molecule has 106 valence electrons. The van der Waals surface area contributed by atoms with Crippen LogP contribution in [0.1, 0.15) is 25.5 Å². The number of rotatable bonds is 5. The number of likely N-dealkylation sites (tertiary alicyclic amines) is 1. The summed E-state index contributed by atoms with van der Waals surface area (Å²) in [5.74, 6) is -0.211. The second-order valence-electron chi connectivity index (χ2n) is 4.87. The van der Waals surface area contributed by atoms with Crippen LogP contribution < -0.4 is 5.32 Å². The van der Waals surface area contributed by atoms with Gasteiger partial charge < -0.3 is 15.0 Å². The number of carbonyl (C=O) groups is 1. The van der Waals surface area contributed by atoms with Gasteiger partial charge in [-0.3, -0.25) is 4.79 Å². The summed E-state index contributed by atoms with van der Waals surface area (Å²) in [7, 11) is 2.14. The number of carbonyl (C=O) groups excluding carboxylic acids is 1. The maximum atomic E-state index is 11.4. The van der Waals surface area contributed by atoms with Gasteiger partial charge in [-0.05, 0) is 33.4 Å². The monoisotopic (exact) mass is 283 g/mol. The zero-order chi connectivity index (χ0) is 13.7. The molecule has 1 aliphatic heterocycles. The summed E-state index contributed by atoms with van der Waals surface area (Å²) >= 11 is 1.56. The molecule has 1 aliphatic rings. The van der Waals surface area contributed by atoms with E-state index in [2.05, 4.69) is 22.2 Å². The highest BCUT2D eigenvalue weighted by Crippen LogP contribution is 2.20. The highest BCUT2D eigenvalue weighted by Gasteiger charge is 2.18. The van der Waals surface area contributed by atoms with Crippen molar-refractivity contribution in [3.05, 3.63) is 11.1 Å². The molecule has 0 bridgehead atoms. The van der Waals surface area contributed by atoms with E-state index in [1.54, 1.807) is 11.3 Å². The predicted octanol–water partition coefficient (Wildman–Crippen LogP) is 1.75. The molecule has 5 nitrogen and oxygen atoms in total. The number of hydrogen-bond acceptors (Lipinski definition) is 6. The van der Waals surface area contributed by atoms with Crippen LogP contribution in [0.15, 0.2) is 5.38 Å². The molecule has 2 rings (SSSR count). The minimum atomic E-state index is -0.211. The van der Waals surface area contributed by atoms with Gasteiger partial charge in [0.2, 0.25) is 0 Å². The Morgan fingerprint density at radius 2 is 2.53 bits per heavy atom. The lowest BCUT2D eigenvalue weighted by Crippen LogP contribution is -2.39. The van der Waals surface area contributed by atoms with E-state index in [-0.39, 0.29) is 12.4 Å². The summed E-state index contributed by atoms with van der Waals surface area (Å²) in [6.45, 7) is 4.45. The smallest absolute Gasteiger partial charge is 0.311 e. The molecule has 6 heteroatoms. The fourth-order valence-corrected chi connectivity index (χ4v) is 3.06. The molecule has 1 saturated heterocycles. The summed E-state index contributed by atoms with van der Waals surface area (Å²) in [6, 6.07) is 0.459. The average Bonchev–Trinajstić information content (AvgIpc) is 2.76. The van der Waals surface area contributed by atoms with Gasteiger partial charge in [0.05, 0.1) is 18.7 Å². The van der Waals surface area contributed by atoms with Gasteiger partial charge in [-0.25, -0.2) is 4.98 Å². The van der Waals surface area contributed by atoms with Crippen molar-refractivity contribution >= 4 is 22.4 Å². The number of aromatic nitrogens is 1. The molecule has 1 N–H and O–H groups in total. The fraction of sp³-hybridized carbons (Fsp3) is 0.692. The summed E-state index contributed by atoms with van der Waals surface area (Å²) in [4.78, 5) is 18.1. The molecular weight excluding hydrogens is 262 g/mol. The van der Waals surface area contributed by atoms with Crippen molar-refractivity contribution in [2.75, 3.05) is 32.1 Å². The van der Waals surface area contributed by atoms with Crippen molar-refractivity contribution in [1.82, 2.24) is 9.88 Å². The Kier molecular flexibility index (Phi) is 5.15. The van der Waals surface area contributed by atoms with E-state index in [1.165, 1.54) is 19.4 Å². The third-order valence-corrected chi connectivity index (χ3v) is 3.96. The Bertz CT molecular complexity index is 422. The predicted molar refractivity (Wildman–Crippen MR) is 76.6 cm³/mol. The van der Waals surface area contributed by atoms with Crippen molar-refractivity contribution in [3.63, 3.8) is 0 Å². The fourth-order valence-electron chi connectivity index (χ4n) is 2.27. The molecule has 0 spiro atoms. The molecule has 0 saturated carbocycles. The van der Waals surface area contributed by atoms with Crippen molar-refractivity contribution < 1.29 is 9.53 Å². The molecule has 1 aromatic rings. The van der Waals surface area contributed by atoms with Gasteiger partial charge >= 0.3 is 5.97 Å². The van der Waals surface area contributed by atoms with Crippen LogP contribution >= 0.6 is 11.3 Å². The zero-order valence-electron chi connectivity index (χ0n) is 11.5. The molecule has 0 amide bonds. The minimum absolute atomic E-state index is 0.211. The van der Waals surface area contributed by atoms with Gasteiger partial charge in [0.1, 0.15) is 0 Å². The van der Waals surface area contributed by atoms with E-state index >= 15 is 0 Å². The quantitative estimate of drug-likeness (QED) is 0.834. The Hall–Kier alpha value is -1.14. The zero-order valence-corrected chi connectivity index (χ0v) is 12.3. The number of ether oxygens (including phenoxy) is 1. The number of esters is 1. The second kappa shape index (κ2) is 6.86. The van der Waals surface area contributed by atoms with Crippen LogP contribution in [-0.2, 0) is 16.0 Å². The Morgan fingerprint density at radius 3 is 3.26 bits per heavy atom. The summed E-state index contributed by atoms with van der Waals surface area (Å²) in [6.07, 6.45) is 2.66. The lowest BCUT2D eigenvalue weighted by molar-refractivity contribution is -0.142. The number of nitrogens with one attached hydrogen (secondary N) is 1. The van der Waals surface area contributed by atoms with Crippen LogP contribution in [0.3, 0.4) is 0 Å². The van der Waals surface area contributed by atoms with Gasteiger partial charge in [0.15, 0.2) is 5.13 Å². The lowest BCUT2D eigenvalue weighted by Gasteiger charge is -2.29. The van der Waals surface area contributed by atoms with Crippen LogP contribution in [0.25, 0.3) is 0 Å². The number of hydrogen-bond donors (Lipinski definition) is 1. The summed E-state index contributed by atoms with van der Waals surface area (Å²) in [5, 5.41) is 6.28. The highest BCUT2D eigenvalue weighted by molar-refractivity contribution is 7.13. The molecular formula is C13H21N3O2S. The van der Waals surface area contributed by atoms with Crippen LogP contribution in [-0.4, -0.2) is 48.6 Å². The van der Waals surface area contributed by atoms with E-state index in [0.717, 1.165) is 17.4 Å². The van der Waals surface area contributed by atoms with Crippen LogP contribution in [0, 0.1) is 0 Å². The first-order valence-corrected chi connectivity index (χ1v) is 7.60. The van der Waals surface area contributed by atoms with E-state index in [1.807, 2.05) is 12.3 Å². The first-order chi connectivity index (χ1) is 9.17. The highest BCUT2D eigenvalue weighted by atomic mass is 32.1. The van der Waals surface area contributed by atoms with Crippen molar-refractivity contribution in [1.29, 1.82) is 0 Å². The van der Waals surface area contributed by atoms with E-state index < -0.39 is 0 Å². The number of thiazole rings is 1. The Balaban J connectivity index is 1.84. The van der Waals surface area contributed by atoms with Gasteiger partial charge in [-0.15, -0.1) is 11.3 Å². The van der Waals surface area contributed by atoms with Crippen LogP contribution in [0.2, 0.25) is 0 Å². The normalized spacial score (nSPS) is 20.2. The van der Waals surface area contributed by atoms with Gasteiger partial charge in [0.25, 0.3) is 0 Å². The molecule has 0 aliphatic carbocycles. The standard InChI is InChI=1S/C13H21N3O2S/c1-3-18-12(17)7-11-9-19-13(15-11)14-10-5-4-6-16(2)8-10/h9-10H,3-8H2,1-2H3,(H,14,15). The van der Waals surface area contributed by atoms with Crippen LogP contribution in [0.4, 0.5) is 5.13 Å². The maximum Gasteiger partial charge on any atom is 0.311 e. The third-order valence-electron chi connectivity index (χ3n) is 3.13. The topological polar surface area (TPSA) is 54.5 Å². The molecule has 1 unspecified atom stereocenters. The largest absolute Gasteiger partial charge is 0.466 e. The van der Waals surface area contributed by atoms with Gasteiger partial charge in [0, 0.05) is 18.0 Å². The van der Waals surface area contributed by atoms with Gasteiger partial charge in [-0.1, -0.05) is 0 Å². The molecule has 1 aromatic heterocycles. The number of piperidine rings is 1. The SMILES string of the molecule is CCOC(=O)Cc1csc(NC2CCCN(C)C2)n1. The Labute approximate surface area is 118 Å². The first-order valence-electron chi connectivity index (χ1n) is 6.72. The first kappa shape index (κ1) is 14.3. The molecule has 1 atom stereocenters. The number of likely N-dealkylation sites (N-methyl/N-ethyl adjacent to an activating group) is 1. The maximum absolute atomic E-state index is 11.4. The second-order valence-corrected chi connectivity index (χ2v) is 5.73. The summed E-state index contributed by atoms with van der Waals surface area (Å²) < 4.78 is 4.92. The number of anilines is 1. The molecule has 0 aromatic carbocycles. The molecule has 19 heavy (non-hydrogen) atoms. The molecule has 0 radical (unpaired) electrons. The third kappa shape index (κ3) is 4.47. The van der Waals surface area contributed by atoms with Crippen molar-refractivity contribution in [3.8, 4) is 0 Å². The van der Waals surface area contributed by atoms with E-state index in [9.17, 15) is 4.79 Å². The Morgan fingerprint density at radius 1 is 1.68 bits per heavy atom. The number of nitrogens with zero attached hydrogens (tertiary/aromatic N) is 2.